The Labute approximate surface area is 412 Å². The number of piperidine rings is 2. The van der Waals surface area contributed by atoms with Gasteiger partial charge in [-0.05, 0) is 121 Å². The van der Waals surface area contributed by atoms with Crippen LogP contribution in [0.15, 0.2) is 58.8 Å². The summed E-state index contributed by atoms with van der Waals surface area (Å²) in [6, 6.07) is 12.1. The molecule has 0 radical (unpaired) electrons. The van der Waals surface area contributed by atoms with Crippen LogP contribution in [0.1, 0.15) is 114 Å². The largest absolute Gasteiger partial charge is 0.494 e. The lowest BCUT2D eigenvalue weighted by atomic mass is 9.88. The van der Waals surface area contributed by atoms with E-state index in [1.165, 1.54) is 32.4 Å². The van der Waals surface area contributed by atoms with Crippen molar-refractivity contribution in [3.05, 3.63) is 106 Å². The molecule has 2 atom stereocenters. The number of halogens is 3. The van der Waals surface area contributed by atoms with E-state index in [9.17, 15) is 23.2 Å². The van der Waals surface area contributed by atoms with Gasteiger partial charge in [-0.3, -0.25) is 9.59 Å². The number of amides is 3. The number of methoxy groups -OCH3 is 2. The first-order valence-electron chi connectivity index (χ1n) is 23.1. The average Bonchev–Trinajstić information content (AvgIpc) is 4.05. The molecule has 4 aromatic rings. The average molecular weight is 992 g/mol. The third kappa shape index (κ3) is 14.0. The number of hydrogen-bond donors (Lipinski definition) is 3. The first-order valence-corrected chi connectivity index (χ1v) is 23.1. The lowest BCUT2D eigenvalue weighted by molar-refractivity contribution is -0.00456. The van der Waals surface area contributed by atoms with E-state index in [0.29, 0.717) is 66.2 Å². The van der Waals surface area contributed by atoms with Crippen LogP contribution >= 0.6 is 12.4 Å². The van der Waals surface area contributed by atoms with E-state index >= 15 is 0 Å². The van der Waals surface area contributed by atoms with Gasteiger partial charge >= 0.3 is 6.09 Å². The summed E-state index contributed by atoms with van der Waals surface area (Å²) in [6.45, 7) is 12.6. The van der Waals surface area contributed by atoms with Gasteiger partial charge in [0.05, 0.1) is 25.6 Å². The third-order valence-electron chi connectivity index (χ3n) is 12.1. The number of ether oxygens (including phenoxy) is 3. The van der Waals surface area contributed by atoms with E-state index in [2.05, 4.69) is 46.2 Å². The fourth-order valence-corrected chi connectivity index (χ4v) is 8.44. The van der Waals surface area contributed by atoms with E-state index in [-0.39, 0.29) is 84.4 Å². The second kappa shape index (κ2) is 23.9. The zero-order valence-electron chi connectivity index (χ0n) is 40.5. The molecule has 70 heavy (non-hydrogen) atoms. The minimum absolute atomic E-state index is 0. The smallest absolute Gasteiger partial charge is 0.410 e. The van der Waals surface area contributed by atoms with Crippen molar-refractivity contribution < 1.29 is 47.1 Å². The molecule has 3 amide bonds. The molecule has 3 N–H and O–H groups in total. The van der Waals surface area contributed by atoms with E-state index < -0.39 is 17.2 Å². The highest BCUT2D eigenvalue weighted by Gasteiger charge is 2.36. The maximum absolute atomic E-state index is 13.6. The van der Waals surface area contributed by atoms with Crippen LogP contribution in [0.2, 0.25) is 0 Å². The quantitative estimate of drug-likeness (QED) is 0.134. The Kier molecular flexibility index (Phi) is 18.0. The molecule has 4 aliphatic heterocycles. The molecule has 6 heterocycles. The second-order valence-corrected chi connectivity index (χ2v) is 18.3. The summed E-state index contributed by atoms with van der Waals surface area (Å²) < 4.78 is 42.7. The summed E-state index contributed by atoms with van der Waals surface area (Å²) >= 11 is 0. The van der Waals surface area contributed by atoms with Crippen LogP contribution in [-0.2, 0) is 27.5 Å². The van der Waals surface area contributed by atoms with Crippen LogP contribution in [0.4, 0.5) is 13.6 Å². The summed E-state index contributed by atoms with van der Waals surface area (Å²) in [5.74, 6) is 0.244. The molecule has 2 fully saturated rings. The maximum atomic E-state index is 13.6. The van der Waals surface area contributed by atoms with E-state index in [0.717, 1.165) is 50.0 Å². The van der Waals surface area contributed by atoms with E-state index in [1.54, 1.807) is 49.1 Å². The van der Waals surface area contributed by atoms with Crippen molar-refractivity contribution in [3.8, 4) is 11.5 Å². The van der Waals surface area contributed by atoms with Crippen LogP contribution in [0.25, 0.3) is 0 Å². The number of rotatable bonds is 12. The molecule has 2 aromatic heterocycles. The van der Waals surface area contributed by atoms with Crippen molar-refractivity contribution in [2.75, 3.05) is 40.4 Å². The summed E-state index contributed by atoms with van der Waals surface area (Å²) in [5.41, 5.74) is 3.90. The van der Waals surface area contributed by atoms with Gasteiger partial charge in [-0.1, -0.05) is 22.4 Å². The Hall–Kier alpha value is -6.54. The van der Waals surface area contributed by atoms with Gasteiger partial charge in [-0.15, -0.1) is 12.4 Å². The van der Waals surface area contributed by atoms with Gasteiger partial charge < -0.3 is 44.7 Å². The fraction of sp³-hybridized carbons (Fsp3) is 0.490. The van der Waals surface area contributed by atoms with Crippen LogP contribution in [0, 0.1) is 37.3 Å². The zero-order chi connectivity index (χ0) is 49.2. The first-order chi connectivity index (χ1) is 33.0. The number of carbonyl (C=O) groups is 3. The van der Waals surface area contributed by atoms with Gasteiger partial charge in [0.1, 0.15) is 52.3 Å². The number of nitrogens with one attached hydrogen (secondary N) is 3. The van der Waals surface area contributed by atoms with Crippen molar-refractivity contribution in [2.45, 2.75) is 104 Å². The SMILES string of the molecule is COc1cc(CNC(=O)c2cc(C3=NOC(C4CCN(C(=O)OC(C)(C)C)CC4)C3)nc(C)n2)ccc1F.COc1cc(CNC(=O)c2cc(C3=NOC(C4CCNCC4)C3)nc(C)n2)ccc1F.Cl. The lowest BCUT2D eigenvalue weighted by Crippen LogP contribution is -2.43. The summed E-state index contributed by atoms with van der Waals surface area (Å²) in [5, 5.41) is 17.5. The number of hydrogen-bond acceptors (Lipinski definition) is 15. The molecular weight excluding hydrogens is 930 g/mol. The standard InChI is InChI=1S/C27H34FN5O5.C22H26FN5O3.ClH/c1-16-30-20(13-22(31-16)25(34)29-15-17-6-7-19(28)24(12-17)36-5)21-14-23(38-32-21)18-8-10-33(11-9-18)26(35)37-27(2,3)4;1-13-26-17(18-11-20(31-28-18)15-5-7-24-8-6-15)10-19(27-13)22(29)25-12-14-3-4-16(23)21(9-14)30-2;/h6-7,12-13,18,23H,8-11,14-15H2,1-5H3,(H,29,34);3-4,9-10,15,20,24H,5-8,11-12H2,1-2H3,(H,25,29);1H. The molecule has 0 bridgehead atoms. The summed E-state index contributed by atoms with van der Waals surface area (Å²) in [6.07, 6.45) is 4.60. The minimum Gasteiger partial charge on any atom is -0.494 e. The number of benzene rings is 2. The Morgan fingerprint density at radius 1 is 0.700 bits per heavy atom. The molecule has 2 unspecified atom stereocenters. The Balaban J connectivity index is 0.000000231. The van der Waals surface area contributed by atoms with Crippen molar-refractivity contribution in [2.24, 2.45) is 22.1 Å². The second-order valence-electron chi connectivity index (χ2n) is 18.3. The molecule has 0 aliphatic carbocycles. The molecule has 2 saturated heterocycles. The summed E-state index contributed by atoms with van der Waals surface area (Å²) in [7, 11) is 2.79. The number of likely N-dealkylation sites (tertiary alicyclic amines) is 1. The normalized spacial score (nSPS) is 18.2. The first kappa shape index (κ1) is 52.8. The van der Waals surface area contributed by atoms with Crippen molar-refractivity contribution in [3.63, 3.8) is 0 Å². The molecule has 376 valence electrons. The number of aryl methyl sites for hydroxylation is 2. The monoisotopic (exact) mass is 990 g/mol. The lowest BCUT2D eigenvalue weighted by Gasteiger charge is -2.34. The van der Waals surface area contributed by atoms with Gasteiger partial charge in [0.15, 0.2) is 23.1 Å². The van der Waals surface area contributed by atoms with Gasteiger partial charge in [0.2, 0.25) is 0 Å². The predicted octanol–water partition coefficient (Wildman–Crippen LogP) is 6.78. The molecule has 21 heteroatoms. The van der Waals surface area contributed by atoms with E-state index in [4.69, 9.17) is 23.9 Å². The van der Waals surface area contributed by atoms with Gasteiger partial charge in [0.25, 0.3) is 11.8 Å². The van der Waals surface area contributed by atoms with Crippen molar-refractivity contribution >= 4 is 41.7 Å². The highest BCUT2D eigenvalue weighted by molar-refractivity contribution is 6.02. The Bertz CT molecular complexity index is 2570. The van der Waals surface area contributed by atoms with Crippen LogP contribution < -0.4 is 25.4 Å². The fourth-order valence-electron chi connectivity index (χ4n) is 8.44. The van der Waals surface area contributed by atoms with Gasteiger partial charge in [-0.2, -0.15) is 0 Å². The van der Waals surface area contributed by atoms with Crippen LogP contribution in [0.5, 0.6) is 11.5 Å². The maximum Gasteiger partial charge on any atom is 0.410 e. The van der Waals surface area contributed by atoms with Crippen molar-refractivity contribution in [1.82, 2.24) is 40.8 Å². The number of carbonyl (C=O) groups excluding carboxylic acids is 3. The van der Waals surface area contributed by atoms with Crippen LogP contribution in [0.3, 0.4) is 0 Å². The Morgan fingerprint density at radius 3 is 1.57 bits per heavy atom. The molecule has 0 spiro atoms. The van der Waals surface area contributed by atoms with Gasteiger partial charge in [-0.25, -0.2) is 33.5 Å². The number of nitrogens with zero attached hydrogens (tertiary/aromatic N) is 7. The molecule has 0 saturated carbocycles. The Morgan fingerprint density at radius 2 is 1.14 bits per heavy atom. The molecular formula is C49H61ClF2N10O8. The van der Waals surface area contributed by atoms with E-state index in [1.807, 2.05) is 20.8 Å². The molecule has 8 rings (SSSR count). The molecule has 2 aromatic carbocycles. The topological polar surface area (TPSA) is 213 Å². The third-order valence-corrected chi connectivity index (χ3v) is 12.1. The highest BCUT2D eigenvalue weighted by Crippen LogP contribution is 2.31. The molecule has 18 nitrogen and oxygen atoms in total. The predicted molar refractivity (Wildman–Crippen MR) is 257 cm³/mol. The van der Waals surface area contributed by atoms with Gasteiger partial charge in [0, 0.05) is 50.9 Å². The van der Waals surface area contributed by atoms with Crippen LogP contribution in [-0.4, -0.2) is 112 Å². The number of aromatic nitrogens is 4. The highest BCUT2D eigenvalue weighted by atomic mass is 35.5. The molecule has 4 aliphatic rings. The minimum atomic E-state index is -0.523. The number of oxime groups is 2. The zero-order valence-corrected chi connectivity index (χ0v) is 41.3. The summed E-state index contributed by atoms with van der Waals surface area (Å²) in [4.78, 5) is 68.5. The van der Waals surface area contributed by atoms with Crippen molar-refractivity contribution in [1.29, 1.82) is 0 Å².